The molecule has 4 nitrogen and oxygen atoms in total. The Morgan fingerprint density at radius 3 is 2.38 bits per heavy atom. The van der Waals surface area contributed by atoms with Gasteiger partial charge in [-0.05, 0) is 24.6 Å². The summed E-state index contributed by atoms with van der Waals surface area (Å²) >= 11 is 0. The van der Waals surface area contributed by atoms with Crippen LogP contribution in [-0.4, -0.2) is 25.8 Å². The molecule has 0 radical (unpaired) electrons. The number of hydrogen-bond donors (Lipinski definition) is 1. The van der Waals surface area contributed by atoms with Gasteiger partial charge in [0.1, 0.15) is 0 Å². The molecule has 0 atom stereocenters. The Morgan fingerprint density at radius 1 is 1.25 bits per heavy atom. The summed E-state index contributed by atoms with van der Waals surface area (Å²) in [5.41, 5.74) is 1.63. The lowest BCUT2D eigenvalue weighted by Crippen LogP contribution is -2.35. The van der Waals surface area contributed by atoms with Gasteiger partial charge in [-0.1, -0.05) is 26.0 Å². The number of aryl methyl sites for hydroxylation is 1. The van der Waals surface area contributed by atoms with Crippen molar-refractivity contribution in [3.8, 4) is 0 Å². The molecule has 1 aromatic rings. The quantitative estimate of drug-likeness (QED) is 0.858. The molecule has 0 unspecified atom stereocenters. The molecule has 16 heavy (non-hydrogen) atoms. The molecule has 0 fully saturated rings. The number of nitrogens with one attached hydrogen (secondary N) is 1. The molecule has 0 aliphatic rings. The molecule has 0 saturated carbocycles. The van der Waals surface area contributed by atoms with Crippen LogP contribution in [0.1, 0.15) is 19.4 Å². The van der Waals surface area contributed by atoms with E-state index in [2.05, 4.69) is 4.72 Å². The Hall–Kier alpha value is -1.07. The summed E-state index contributed by atoms with van der Waals surface area (Å²) < 4.78 is 27.7. The molecule has 0 saturated heterocycles. The molecule has 1 N–H and O–H groups in total. The second-order valence-corrected chi connectivity index (χ2v) is 5.23. The Balaban J connectivity index is 2.88. The van der Waals surface area contributed by atoms with Crippen molar-refractivity contribution in [3.63, 3.8) is 0 Å². The van der Waals surface area contributed by atoms with Crippen molar-refractivity contribution < 1.29 is 8.42 Å². The van der Waals surface area contributed by atoms with Crippen LogP contribution in [-0.2, 0) is 10.2 Å². The third kappa shape index (κ3) is 3.21. The van der Waals surface area contributed by atoms with Crippen LogP contribution >= 0.6 is 0 Å². The summed E-state index contributed by atoms with van der Waals surface area (Å²) in [6.45, 7) is 6.50. The van der Waals surface area contributed by atoms with Crippen molar-refractivity contribution in [2.75, 3.05) is 17.8 Å². The number of hydrogen-bond acceptors (Lipinski definition) is 2. The minimum absolute atomic E-state index is 0.470. The molecular formula is C11H18N2O2S. The van der Waals surface area contributed by atoms with E-state index in [0.29, 0.717) is 18.8 Å². The first-order chi connectivity index (χ1) is 7.49. The first-order valence-corrected chi connectivity index (χ1v) is 6.78. The first kappa shape index (κ1) is 13.0. The molecule has 1 rings (SSSR count). The van der Waals surface area contributed by atoms with Crippen LogP contribution < -0.4 is 4.72 Å². The van der Waals surface area contributed by atoms with E-state index < -0.39 is 10.2 Å². The largest absolute Gasteiger partial charge is 0.301 e. The summed E-state index contributed by atoms with van der Waals surface area (Å²) in [4.78, 5) is 0. The minimum Gasteiger partial charge on any atom is -0.271 e. The molecule has 0 heterocycles. The van der Waals surface area contributed by atoms with Gasteiger partial charge in [0.25, 0.3) is 0 Å². The van der Waals surface area contributed by atoms with Crippen LogP contribution in [0.5, 0.6) is 0 Å². The number of rotatable bonds is 5. The fraction of sp³-hybridized carbons (Fsp3) is 0.455. The summed E-state index contributed by atoms with van der Waals surface area (Å²) in [5.74, 6) is 0. The molecule has 0 spiro atoms. The lowest BCUT2D eigenvalue weighted by molar-refractivity contribution is 0.449. The van der Waals surface area contributed by atoms with Crippen LogP contribution in [0.4, 0.5) is 5.69 Å². The van der Waals surface area contributed by atoms with Gasteiger partial charge in [-0.25, -0.2) is 0 Å². The molecule has 0 aliphatic carbocycles. The van der Waals surface area contributed by atoms with Crippen LogP contribution in [0.25, 0.3) is 0 Å². The Kier molecular flexibility index (Phi) is 4.32. The zero-order valence-corrected chi connectivity index (χ0v) is 10.7. The molecule has 1 aromatic carbocycles. The van der Waals surface area contributed by atoms with Gasteiger partial charge in [-0.2, -0.15) is 12.7 Å². The summed E-state index contributed by atoms with van der Waals surface area (Å²) in [7, 11) is -3.41. The average molecular weight is 242 g/mol. The molecule has 0 amide bonds. The van der Waals surface area contributed by atoms with Crippen LogP contribution in [0.2, 0.25) is 0 Å². The normalized spacial score (nSPS) is 11.8. The van der Waals surface area contributed by atoms with Gasteiger partial charge in [0.2, 0.25) is 0 Å². The number of anilines is 1. The third-order valence-electron chi connectivity index (χ3n) is 2.31. The fourth-order valence-corrected chi connectivity index (χ4v) is 2.72. The predicted molar refractivity (Wildman–Crippen MR) is 66.6 cm³/mol. The Morgan fingerprint density at radius 2 is 1.88 bits per heavy atom. The maximum Gasteiger partial charge on any atom is 0.301 e. The van der Waals surface area contributed by atoms with E-state index in [1.54, 1.807) is 12.1 Å². The maximum atomic E-state index is 11.9. The second kappa shape index (κ2) is 5.32. The summed E-state index contributed by atoms with van der Waals surface area (Å²) in [6, 6.07) is 7.31. The van der Waals surface area contributed by atoms with Gasteiger partial charge in [0.15, 0.2) is 0 Å². The molecule has 0 aromatic heterocycles. The van der Waals surface area contributed by atoms with E-state index in [9.17, 15) is 8.42 Å². The average Bonchev–Trinajstić information content (AvgIpc) is 2.18. The van der Waals surface area contributed by atoms with Gasteiger partial charge in [0.05, 0.1) is 5.69 Å². The Bertz CT molecular complexity index is 439. The predicted octanol–water partition coefficient (Wildman–Crippen LogP) is 1.99. The summed E-state index contributed by atoms with van der Waals surface area (Å²) in [5, 5.41) is 0. The summed E-state index contributed by atoms with van der Waals surface area (Å²) in [6.07, 6.45) is 0. The lowest BCUT2D eigenvalue weighted by atomic mass is 10.2. The molecule has 5 heteroatoms. The molecule has 0 aliphatic heterocycles. The van der Waals surface area contributed by atoms with Crippen molar-refractivity contribution >= 4 is 15.9 Å². The van der Waals surface area contributed by atoms with Crippen molar-refractivity contribution in [2.45, 2.75) is 20.8 Å². The molecular weight excluding hydrogens is 224 g/mol. The number of benzene rings is 1. The first-order valence-electron chi connectivity index (χ1n) is 5.34. The molecule has 90 valence electrons. The van der Waals surface area contributed by atoms with E-state index in [1.807, 2.05) is 32.9 Å². The fourth-order valence-electron chi connectivity index (χ4n) is 1.49. The maximum absolute atomic E-state index is 11.9. The van der Waals surface area contributed by atoms with Gasteiger partial charge >= 0.3 is 10.2 Å². The van der Waals surface area contributed by atoms with Crippen molar-refractivity contribution in [1.29, 1.82) is 0 Å². The standard InChI is InChI=1S/C11H18N2O2S/c1-4-13(5-2)16(14,15)12-11-8-6-7-10(3)9-11/h6-9,12H,4-5H2,1-3H3. The monoisotopic (exact) mass is 242 g/mol. The van der Waals surface area contributed by atoms with E-state index >= 15 is 0 Å². The van der Waals surface area contributed by atoms with Gasteiger partial charge in [-0.3, -0.25) is 4.72 Å². The zero-order chi connectivity index (χ0) is 12.2. The highest BCUT2D eigenvalue weighted by Crippen LogP contribution is 2.13. The third-order valence-corrected chi connectivity index (χ3v) is 4.00. The van der Waals surface area contributed by atoms with Crippen molar-refractivity contribution in [2.24, 2.45) is 0 Å². The van der Waals surface area contributed by atoms with E-state index in [-0.39, 0.29) is 0 Å². The zero-order valence-electron chi connectivity index (χ0n) is 9.90. The van der Waals surface area contributed by atoms with E-state index in [0.717, 1.165) is 5.56 Å². The highest BCUT2D eigenvalue weighted by atomic mass is 32.2. The van der Waals surface area contributed by atoms with Crippen LogP contribution in [0.3, 0.4) is 0 Å². The van der Waals surface area contributed by atoms with Gasteiger partial charge in [0, 0.05) is 13.1 Å². The van der Waals surface area contributed by atoms with Crippen LogP contribution in [0, 0.1) is 6.92 Å². The minimum atomic E-state index is -3.41. The highest BCUT2D eigenvalue weighted by Gasteiger charge is 2.17. The van der Waals surface area contributed by atoms with E-state index in [1.165, 1.54) is 4.31 Å². The van der Waals surface area contributed by atoms with Crippen molar-refractivity contribution in [3.05, 3.63) is 29.8 Å². The van der Waals surface area contributed by atoms with E-state index in [4.69, 9.17) is 0 Å². The van der Waals surface area contributed by atoms with Gasteiger partial charge < -0.3 is 0 Å². The molecule has 0 bridgehead atoms. The highest BCUT2D eigenvalue weighted by molar-refractivity contribution is 7.90. The SMILES string of the molecule is CCN(CC)S(=O)(=O)Nc1cccc(C)c1. The lowest BCUT2D eigenvalue weighted by Gasteiger charge is -2.19. The Labute approximate surface area is 97.5 Å². The van der Waals surface area contributed by atoms with Gasteiger partial charge in [-0.15, -0.1) is 0 Å². The topological polar surface area (TPSA) is 49.4 Å². The van der Waals surface area contributed by atoms with Crippen molar-refractivity contribution in [1.82, 2.24) is 4.31 Å². The second-order valence-electron chi connectivity index (χ2n) is 3.56. The smallest absolute Gasteiger partial charge is 0.271 e. The number of nitrogens with zero attached hydrogens (tertiary/aromatic N) is 1. The van der Waals surface area contributed by atoms with Crippen LogP contribution in [0.15, 0.2) is 24.3 Å².